The van der Waals surface area contributed by atoms with Crippen molar-refractivity contribution in [3.63, 3.8) is 0 Å². The molecule has 1 aromatic heterocycles. The fraction of sp³-hybridized carbons (Fsp3) is 0.733. The highest BCUT2D eigenvalue weighted by molar-refractivity contribution is 6.32. The summed E-state index contributed by atoms with van der Waals surface area (Å²) >= 11 is 6.16. The summed E-state index contributed by atoms with van der Waals surface area (Å²) in [6.07, 6.45) is 5.53. The van der Waals surface area contributed by atoms with Crippen LogP contribution in [-0.4, -0.2) is 40.4 Å². The number of nitrogens with zero attached hydrogens (tertiary/aromatic N) is 3. The van der Waals surface area contributed by atoms with E-state index in [1.807, 2.05) is 13.8 Å². The summed E-state index contributed by atoms with van der Waals surface area (Å²) in [6.45, 7) is 9.11. The van der Waals surface area contributed by atoms with Crippen LogP contribution >= 0.6 is 11.6 Å². The summed E-state index contributed by atoms with van der Waals surface area (Å²) < 4.78 is 1.40. The van der Waals surface area contributed by atoms with Gasteiger partial charge in [-0.3, -0.25) is 9.69 Å². The van der Waals surface area contributed by atoms with Crippen LogP contribution in [0.15, 0.2) is 11.0 Å². The first-order chi connectivity index (χ1) is 10.0. The number of hydrogen-bond donors (Lipinski definition) is 1. The molecule has 21 heavy (non-hydrogen) atoms. The van der Waals surface area contributed by atoms with Crippen LogP contribution in [0.2, 0.25) is 5.02 Å². The summed E-state index contributed by atoms with van der Waals surface area (Å²) in [6, 6.07) is 0.435. The molecule has 6 heteroatoms. The van der Waals surface area contributed by atoms with Crippen LogP contribution in [0.1, 0.15) is 46.1 Å². The van der Waals surface area contributed by atoms with Gasteiger partial charge >= 0.3 is 0 Å². The molecule has 1 unspecified atom stereocenters. The van der Waals surface area contributed by atoms with Gasteiger partial charge < -0.3 is 5.32 Å². The fourth-order valence-corrected chi connectivity index (χ4v) is 2.88. The quantitative estimate of drug-likeness (QED) is 0.908. The molecule has 5 nitrogen and oxygen atoms in total. The van der Waals surface area contributed by atoms with Crippen molar-refractivity contribution in [2.75, 3.05) is 25.0 Å². The Morgan fingerprint density at radius 2 is 1.95 bits per heavy atom. The lowest BCUT2D eigenvalue weighted by molar-refractivity contribution is 0.180. The van der Waals surface area contributed by atoms with Gasteiger partial charge in [-0.1, -0.05) is 18.0 Å². The molecule has 1 saturated heterocycles. The Balaban J connectivity index is 2.00. The number of piperidine rings is 1. The van der Waals surface area contributed by atoms with E-state index in [0.29, 0.717) is 11.7 Å². The van der Waals surface area contributed by atoms with Crippen molar-refractivity contribution >= 4 is 17.3 Å². The zero-order valence-electron chi connectivity index (χ0n) is 13.1. The molecule has 2 rings (SSSR count). The normalized spacial score (nSPS) is 18.0. The highest BCUT2D eigenvalue weighted by Crippen LogP contribution is 2.18. The standard InChI is InChI=1S/C15H25ClN4O/c1-11(2)20-15(21)14(16)13(10-18-20)17-9-12(3)19-7-5-4-6-8-19/h10-12,17H,4-9H2,1-3H3. The van der Waals surface area contributed by atoms with Gasteiger partial charge in [0.2, 0.25) is 0 Å². The van der Waals surface area contributed by atoms with Crippen LogP contribution in [0, 0.1) is 0 Å². The summed E-state index contributed by atoms with van der Waals surface area (Å²) in [5.74, 6) is 0. The monoisotopic (exact) mass is 312 g/mol. The Bertz CT molecular complexity index is 523. The highest BCUT2D eigenvalue weighted by atomic mass is 35.5. The number of nitrogens with one attached hydrogen (secondary N) is 1. The van der Waals surface area contributed by atoms with Crippen molar-refractivity contribution in [1.29, 1.82) is 0 Å². The predicted molar refractivity (Wildman–Crippen MR) is 87.3 cm³/mol. The molecular formula is C15H25ClN4O. The van der Waals surface area contributed by atoms with Crippen LogP contribution in [0.4, 0.5) is 5.69 Å². The maximum Gasteiger partial charge on any atom is 0.287 e. The zero-order valence-corrected chi connectivity index (χ0v) is 13.9. The minimum atomic E-state index is -0.234. The van der Waals surface area contributed by atoms with E-state index in [1.54, 1.807) is 6.20 Å². The van der Waals surface area contributed by atoms with Gasteiger partial charge in [0.1, 0.15) is 5.02 Å². The number of aromatic nitrogens is 2. The smallest absolute Gasteiger partial charge is 0.287 e. The van der Waals surface area contributed by atoms with Crippen LogP contribution in [-0.2, 0) is 0 Å². The van der Waals surface area contributed by atoms with Crippen LogP contribution < -0.4 is 10.9 Å². The molecule has 1 atom stereocenters. The second kappa shape index (κ2) is 7.27. The molecule has 0 bridgehead atoms. The average Bonchev–Trinajstić information content (AvgIpc) is 2.49. The molecule has 1 N–H and O–H groups in total. The first-order valence-corrected chi connectivity index (χ1v) is 8.13. The van der Waals surface area contributed by atoms with Crippen molar-refractivity contribution in [2.24, 2.45) is 0 Å². The van der Waals surface area contributed by atoms with Crippen molar-refractivity contribution in [2.45, 2.75) is 52.1 Å². The maximum absolute atomic E-state index is 12.1. The maximum atomic E-state index is 12.1. The van der Waals surface area contributed by atoms with Crippen molar-refractivity contribution in [3.8, 4) is 0 Å². The third-order valence-corrected chi connectivity index (χ3v) is 4.40. The average molecular weight is 313 g/mol. The van der Waals surface area contributed by atoms with Gasteiger partial charge in [0, 0.05) is 12.6 Å². The Morgan fingerprint density at radius 3 is 2.57 bits per heavy atom. The number of rotatable bonds is 5. The Hall–Kier alpha value is -1.07. The molecule has 0 aromatic carbocycles. The molecule has 118 valence electrons. The zero-order chi connectivity index (χ0) is 15.4. The van der Waals surface area contributed by atoms with Crippen molar-refractivity contribution in [1.82, 2.24) is 14.7 Å². The van der Waals surface area contributed by atoms with Gasteiger partial charge in [-0.05, 0) is 46.7 Å². The van der Waals surface area contributed by atoms with Gasteiger partial charge in [0.15, 0.2) is 0 Å². The molecule has 1 aromatic rings. The van der Waals surface area contributed by atoms with Crippen molar-refractivity contribution in [3.05, 3.63) is 21.6 Å². The van der Waals surface area contributed by atoms with E-state index >= 15 is 0 Å². The molecular weight excluding hydrogens is 288 g/mol. The van der Waals surface area contributed by atoms with Gasteiger partial charge in [0.05, 0.1) is 17.9 Å². The largest absolute Gasteiger partial charge is 0.381 e. The third-order valence-electron chi connectivity index (χ3n) is 4.03. The van der Waals surface area contributed by atoms with Gasteiger partial charge in [-0.25, -0.2) is 4.68 Å². The first-order valence-electron chi connectivity index (χ1n) is 7.76. The van der Waals surface area contributed by atoms with Crippen molar-refractivity contribution < 1.29 is 0 Å². The Kier molecular flexibility index (Phi) is 5.65. The molecule has 2 heterocycles. The molecule has 1 aliphatic rings. The molecule has 0 spiro atoms. The van der Waals surface area contributed by atoms with E-state index in [-0.39, 0.29) is 16.6 Å². The minimum absolute atomic E-state index is 0.0105. The highest BCUT2D eigenvalue weighted by Gasteiger charge is 2.17. The second-order valence-electron chi connectivity index (χ2n) is 6.04. The lowest BCUT2D eigenvalue weighted by atomic mass is 10.1. The van der Waals surface area contributed by atoms with Crippen LogP contribution in [0.25, 0.3) is 0 Å². The van der Waals surface area contributed by atoms with E-state index in [9.17, 15) is 4.79 Å². The molecule has 0 aliphatic carbocycles. The molecule has 1 fully saturated rings. The van der Waals surface area contributed by atoms with E-state index in [0.717, 1.165) is 19.6 Å². The topological polar surface area (TPSA) is 50.2 Å². The van der Waals surface area contributed by atoms with Crippen LogP contribution in [0.5, 0.6) is 0 Å². The lowest BCUT2D eigenvalue weighted by Crippen LogP contribution is -2.41. The minimum Gasteiger partial charge on any atom is -0.381 e. The van der Waals surface area contributed by atoms with Gasteiger partial charge in [-0.2, -0.15) is 5.10 Å². The fourth-order valence-electron chi connectivity index (χ4n) is 2.68. The van der Waals surface area contributed by atoms with E-state index in [4.69, 9.17) is 11.6 Å². The van der Waals surface area contributed by atoms with Gasteiger partial charge in [0.25, 0.3) is 5.56 Å². The molecule has 1 aliphatic heterocycles. The summed E-state index contributed by atoms with van der Waals surface area (Å²) in [5.41, 5.74) is 0.393. The Labute approximate surface area is 131 Å². The SMILES string of the molecule is CC(CNc1cnn(C(C)C)c(=O)c1Cl)N1CCCCC1. The predicted octanol–water partition coefficient (Wildman–Crippen LogP) is 2.76. The van der Waals surface area contributed by atoms with Gasteiger partial charge in [-0.15, -0.1) is 0 Å². The van der Waals surface area contributed by atoms with E-state index < -0.39 is 0 Å². The third kappa shape index (κ3) is 3.98. The summed E-state index contributed by atoms with van der Waals surface area (Å²) in [5, 5.41) is 7.67. The summed E-state index contributed by atoms with van der Waals surface area (Å²) in [4.78, 5) is 14.6. The van der Waals surface area contributed by atoms with Crippen LogP contribution in [0.3, 0.4) is 0 Å². The first kappa shape index (κ1) is 16.3. The molecule has 0 radical (unpaired) electrons. The number of hydrogen-bond acceptors (Lipinski definition) is 4. The number of anilines is 1. The Morgan fingerprint density at radius 1 is 1.29 bits per heavy atom. The molecule has 0 saturated carbocycles. The number of likely N-dealkylation sites (tertiary alicyclic amines) is 1. The second-order valence-corrected chi connectivity index (χ2v) is 6.42. The van der Waals surface area contributed by atoms with E-state index in [1.165, 1.54) is 23.9 Å². The molecule has 0 amide bonds. The number of halogens is 1. The lowest BCUT2D eigenvalue weighted by Gasteiger charge is -2.32. The van der Waals surface area contributed by atoms with E-state index in [2.05, 4.69) is 22.2 Å². The summed E-state index contributed by atoms with van der Waals surface area (Å²) in [7, 11) is 0.